The molecule has 1 aliphatic rings. The van der Waals surface area contributed by atoms with Gasteiger partial charge in [-0.1, -0.05) is 12.8 Å². The van der Waals surface area contributed by atoms with Gasteiger partial charge in [0.25, 0.3) is 5.56 Å². The van der Waals surface area contributed by atoms with Gasteiger partial charge in [-0.15, -0.1) is 11.3 Å². The molecular weight excluding hydrogens is 381 g/mol. The van der Waals surface area contributed by atoms with Crippen molar-refractivity contribution in [1.29, 1.82) is 0 Å². The normalized spacial score (nSPS) is 14.6. The number of nitrogens with zero attached hydrogens (tertiary/aromatic N) is 2. The second kappa shape index (κ2) is 7.35. The summed E-state index contributed by atoms with van der Waals surface area (Å²) in [5, 5.41) is 4.69. The Kier molecular flexibility index (Phi) is 4.89. The van der Waals surface area contributed by atoms with Crippen molar-refractivity contribution in [3.05, 3.63) is 61.9 Å². The van der Waals surface area contributed by atoms with Crippen molar-refractivity contribution in [2.24, 2.45) is 0 Å². The lowest BCUT2D eigenvalue weighted by atomic mass is 10.2. The van der Waals surface area contributed by atoms with E-state index in [-0.39, 0.29) is 24.2 Å². The first-order chi connectivity index (χ1) is 13.5. The van der Waals surface area contributed by atoms with Crippen LogP contribution in [0.2, 0.25) is 0 Å². The number of benzene rings is 1. The van der Waals surface area contributed by atoms with Gasteiger partial charge < -0.3 is 5.32 Å². The largest absolute Gasteiger partial charge is 0.352 e. The standard InChI is InChI=1S/C20H20FN3O3S/c1-12-10-14(6-7-15(12)21)24-19(26)18-16(8-9-28-18)23(20(24)27)11-17(25)22-13-4-2-3-5-13/h6-10,13H,2-5,11H2,1H3,(H,22,25). The minimum atomic E-state index is -0.608. The van der Waals surface area contributed by atoms with Gasteiger partial charge in [0.1, 0.15) is 17.1 Å². The van der Waals surface area contributed by atoms with Gasteiger partial charge in [-0.3, -0.25) is 14.2 Å². The zero-order chi connectivity index (χ0) is 19.8. The average Bonchev–Trinajstić information content (AvgIpc) is 3.33. The number of carbonyl (C=O) groups excluding carboxylic acids is 1. The molecule has 1 N–H and O–H groups in total. The Morgan fingerprint density at radius 3 is 2.71 bits per heavy atom. The molecule has 1 aliphatic carbocycles. The number of thiophene rings is 1. The zero-order valence-corrected chi connectivity index (χ0v) is 16.2. The minimum Gasteiger partial charge on any atom is -0.352 e. The van der Waals surface area contributed by atoms with E-state index >= 15 is 0 Å². The van der Waals surface area contributed by atoms with Crippen molar-refractivity contribution in [3.63, 3.8) is 0 Å². The van der Waals surface area contributed by atoms with Gasteiger partial charge in [0.05, 0.1) is 11.2 Å². The van der Waals surface area contributed by atoms with Crippen LogP contribution >= 0.6 is 11.3 Å². The average molecular weight is 401 g/mol. The van der Waals surface area contributed by atoms with Crippen LogP contribution in [0.15, 0.2) is 39.2 Å². The number of amides is 1. The van der Waals surface area contributed by atoms with E-state index < -0.39 is 17.1 Å². The molecule has 8 heteroatoms. The van der Waals surface area contributed by atoms with E-state index in [1.165, 1.54) is 34.1 Å². The van der Waals surface area contributed by atoms with E-state index in [0.717, 1.165) is 30.3 Å². The Bertz CT molecular complexity index is 1170. The predicted molar refractivity (Wildman–Crippen MR) is 107 cm³/mol. The minimum absolute atomic E-state index is 0.145. The topological polar surface area (TPSA) is 73.1 Å². The van der Waals surface area contributed by atoms with E-state index in [1.54, 1.807) is 18.4 Å². The summed E-state index contributed by atoms with van der Waals surface area (Å²) in [4.78, 5) is 38.5. The third-order valence-corrected chi connectivity index (χ3v) is 6.07. The molecule has 1 aromatic carbocycles. The smallest absolute Gasteiger partial charge is 0.336 e. The SMILES string of the molecule is Cc1cc(-n2c(=O)c3sccc3n(CC(=O)NC3CCCC3)c2=O)ccc1F. The summed E-state index contributed by atoms with van der Waals surface area (Å²) in [7, 11) is 0. The van der Waals surface area contributed by atoms with Gasteiger partial charge in [0.2, 0.25) is 5.91 Å². The van der Waals surface area contributed by atoms with Gasteiger partial charge in [-0.05, 0) is 55.0 Å². The molecule has 4 rings (SSSR count). The maximum Gasteiger partial charge on any atom is 0.336 e. The van der Waals surface area contributed by atoms with Crippen molar-refractivity contribution < 1.29 is 9.18 Å². The van der Waals surface area contributed by atoms with E-state index in [9.17, 15) is 18.8 Å². The Hall–Kier alpha value is -2.74. The van der Waals surface area contributed by atoms with Crippen LogP contribution in [0.5, 0.6) is 0 Å². The lowest BCUT2D eigenvalue weighted by molar-refractivity contribution is -0.122. The number of aryl methyl sites for hydroxylation is 1. The summed E-state index contributed by atoms with van der Waals surface area (Å²) in [5.41, 5.74) is -0.0108. The monoisotopic (exact) mass is 401 g/mol. The summed E-state index contributed by atoms with van der Waals surface area (Å²) >= 11 is 1.21. The molecule has 2 heterocycles. The molecule has 1 amide bonds. The highest BCUT2D eigenvalue weighted by atomic mass is 32.1. The van der Waals surface area contributed by atoms with Gasteiger partial charge in [0, 0.05) is 6.04 Å². The first-order valence-electron chi connectivity index (χ1n) is 9.24. The molecule has 6 nitrogen and oxygen atoms in total. The summed E-state index contributed by atoms with van der Waals surface area (Å²) in [6.45, 7) is 1.41. The van der Waals surface area contributed by atoms with Gasteiger partial charge in [-0.25, -0.2) is 13.8 Å². The number of nitrogens with one attached hydrogen (secondary N) is 1. The van der Waals surface area contributed by atoms with E-state index in [1.807, 2.05) is 0 Å². The highest BCUT2D eigenvalue weighted by Crippen LogP contribution is 2.19. The highest BCUT2D eigenvalue weighted by Gasteiger charge is 2.21. The van der Waals surface area contributed by atoms with Gasteiger partial charge in [-0.2, -0.15) is 0 Å². The van der Waals surface area contributed by atoms with Crippen LogP contribution in [-0.2, 0) is 11.3 Å². The van der Waals surface area contributed by atoms with Crippen LogP contribution in [0.4, 0.5) is 4.39 Å². The summed E-state index contributed by atoms with van der Waals surface area (Å²) < 4.78 is 16.4. The highest BCUT2D eigenvalue weighted by molar-refractivity contribution is 7.17. The van der Waals surface area contributed by atoms with Gasteiger partial charge in [0.15, 0.2) is 0 Å². The fourth-order valence-corrected chi connectivity index (χ4v) is 4.55. The number of halogens is 1. The van der Waals surface area contributed by atoms with Crippen molar-refractivity contribution in [2.45, 2.75) is 45.2 Å². The number of rotatable bonds is 4. The van der Waals surface area contributed by atoms with Crippen molar-refractivity contribution >= 4 is 27.5 Å². The summed E-state index contributed by atoms with van der Waals surface area (Å²) in [5.74, 6) is -0.660. The molecule has 1 fully saturated rings. The Morgan fingerprint density at radius 2 is 2.00 bits per heavy atom. The predicted octanol–water partition coefficient (Wildman–Crippen LogP) is 2.72. The quantitative estimate of drug-likeness (QED) is 0.731. The van der Waals surface area contributed by atoms with Crippen molar-refractivity contribution in [2.75, 3.05) is 0 Å². The first kappa shape index (κ1) is 18.6. The summed E-state index contributed by atoms with van der Waals surface area (Å²) in [6.07, 6.45) is 4.08. The fraction of sp³-hybridized carbons (Fsp3) is 0.350. The second-order valence-electron chi connectivity index (χ2n) is 7.13. The van der Waals surface area contributed by atoms with E-state index in [4.69, 9.17) is 0 Å². The number of fused-ring (bicyclic) bond motifs is 1. The zero-order valence-electron chi connectivity index (χ0n) is 15.4. The Balaban J connectivity index is 1.81. The molecule has 1 saturated carbocycles. The van der Waals surface area contributed by atoms with Crippen LogP contribution in [0.25, 0.3) is 15.9 Å². The second-order valence-corrected chi connectivity index (χ2v) is 8.04. The maximum atomic E-state index is 13.6. The van der Waals surface area contributed by atoms with E-state index in [0.29, 0.717) is 15.8 Å². The number of aromatic nitrogens is 2. The van der Waals surface area contributed by atoms with Crippen LogP contribution in [-0.4, -0.2) is 21.1 Å². The maximum absolute atomic E-state index is 13.6. The summed E-state index contributed by atoms with van der Waals surface area (Å²) in [6, 6.07) is 5.90. The number of hydrogen-bond donors (Lipinski definition) is 1. The number of carbonyl (C=O) groups is 1. The molecule has 0 atom stereocenters. The van der Waals surface area contributed by atoms with Crippen LogP contribution in [0, 0.1) is 12.7 Å². The Labute approximate surface area is 164 Å². The molecule has 0 aliphatic heterocycles. The van der Waals surface area contributed by atoms with Crippen LogP contribution < -0.4 is 16.6 Å². The van der Waals surface area contributed by atoms with E-state index in [2.05, 4.69) is 5.32 Å². The molecule has 146 valence electrons. The van der Waals surface area contributed by atoms with Crippen LogP contribution in [0.3, 0.4) is 0 Å². The van der Waals surface area contributed by atoms with Crippen LogP contribution in [0.1, 0.15) is 31.2 Å². The van der Waals surface area contributed by atoms with Gasteiger partial charge >= 0.3 is 5.69 Å². The molecule has 0 radical (unpaired) electrons. The lowest BCUT2D eigenvalue weighted by Crippen LogP contribution is -2.43. The van der Waals surface area contributed by atoms with Crippen molar-refractivity contribution in [1.82, 2.24) is 14.5 Å². The molecule has 0 saturated heterocycles. The molecule has 28 heavy (non-hydrogen) atoms. The molecule has 2 aromatic heterocycles. The Morgan fingerprint density at radius 1 is 1.25 bits per heavy atom. The first-order valence-corrected chi connectivity index (χ1v) is 10.1. The molecule has 3 aromatic rings. The molecule has 0 spiro atoms. The number of hydrogen-bond acceptors (Lipinski definition) is 4. The molecule has 0 unspecified atom stereocenters. The van der Waals surface area contributed by atoms with Crippen molar-refractivity contribution in [3.8, 4) is 5.69 Å². The third kappa shape index (κ3) is 3.28. The fourth-order valence-electron chi connectivity index (χ4n) is 3.72. The third-order valence-electron chi connectivity index (χ3n) is 5.18. The molecule has 0 bridgehead atoms. The molecular formula is C20H20FN3O3S. The lowest BCUT2D eigenvalue weighted by Gasteiger charge is -2.15.